The maximum Gasteiger partial charge on any atom is 0.226 e. The zero-order valence-electron chi connectivity index (χ0n) is 18.2. The van der Waals surface area contributed by atoms with Crippen LogP contribution >= 0.6 is 0 Å². The van der Waals surface area contributed by atoms with Crippen molar-refractivity contribution in [3.63, 3.8) is 0 Å². The van der Waals surface area contributed by atoms with Gasteiger partial charge < -0.3 is 15.0 Å². The predicted octanol–water partition coefficient (Wildman–Crippen LogP) is 5.31. The number of rotatable bonds is 8. The molecule has 1 heterocycles. The molecule has 1 amide bonds. The summed E-state index contributed by atoms with van der Waals surface area (Å²) in [5.74, 6) is 0.887. The number of piperidine rings is 1. The van der Waals surface area contributed by atoms with Crippen LogP contribution in [0.15, 0.2) is 48.5 Å². The van der Waals surface area contributed by atoms with E-state index in [-0.39, 0.29) is 17.6 Å². The van der Waals surface area contributed by atoms with Gasteiger partial charge in [-0.2, -0.15) is 0 Å². The van der Waals surface area contributed by atoms with Crippen LogP contribution in [0.1, 0.15) is 45.1 Å². The Labute approximate surface area is 179 Å². The minimum Gasteiger partial charge on any atom is -0.490 e. The molecular formula is C25H33FN2O2. The fraction of sp³-hybridized carbons (Fsp3) is 0.480. The molecule has 0 saturated carbocycles. The van der Waals surface area contributed by atoms with Gasteiger partial charge in [0.1, 0.15) is 0 Å². The lowest BCUT2D eigenvalue weighted by molar-refractivity contribution is -0.118. The lowest BCUT2D eigenvalue weighted by Gasteiger charge is -2.33. The van der Waals surface area contributed by atoms with Crippen molar-refractivity contribution in [3.8, 4) is 5.75 Å². The van der Waals surface area contributed by atoms with Crippen molar-refractivity contribution in [2.75, 3.05) is 31.6 Å². The zero-order valence-corrected chi connectivity index (χ0v) is 18.2. The van der Waals surface area contributed by atoms with Crippen LogP contribution in [-0.4, -0.2) is 37.0 Å². The summed E-state index contributed by atoms with van der Waals surface area (Å²) in [7, 11) is 0. The van der Waals surface area contributed by atoms with E-state index in [2.05, 4.69) is 29.3 Å². The lowest BCUT2D eigenvalue weighted by Crippen LogP contribution is -2.37. The first-order valence-corrected chi connectivity index (χ1v) is 10.9. The van der Waals surface area contributed by atoms with Gasteiger partial charge in [-0.1, -0.05) is 45.0 Å². The molecule has 162 valence electrons. The number of nitrogens with one attached hydrogen (secondary N) is 1. The molecule has 30 heavy (non-hydrogen) atoms. The van der Waals surface area contributed by atoms with Gasteiger partial charge >= 0.3 is 0 Å². The highest BCUT2D eigenvalue weighted by molar-refractivity contribution is 5.92. The SMILES string of the molecule is CC(C)C(=O)Nc1cccc(C2CCN(C[C@H](C)COc3ccccc3F)CC2)c1. The largest absolute Gasteiger partial charge is 0.490 e. The first kappa shape index (κ1) is 22.3. The highest BCUT2D eigenvalue weighted by Gasteiger charge is 2.22. The number of nitrogens with zero attached hydrogens (tertiary/aromatic N) is 1. The number of carbonyl (C=O) groups is 1. The Morgan fingerprint density at radius 3 is 2.57 bits per heavy atom. The summed E-state index contributed by atoms with van der Waals surface area (Å²) in [4.78, 5) is 14.4. The third-order valence-corrected chi connectivity index (χ3v) is 5.67. The minimum atomic E-state index is -0.308. The van der Waals surface area contributed by atoms with Gasteiger partial charge in [0.25, 0.3) is 0 Å². The predicted molar refractivity (Wildman–Crippen MR) is 119 cm³/mol. The van der Waals surface area contributed by atoms with Crippen LogP contribution in [0.25, 0.3) is 0 Å². The summed E-state index contributed by atoms with van der Waals surface area (Å²) in [6.07, 6.45) is 2.20. The first-order chi connectivity index (χ1) is 14.4. The van der Waals surface area contributed by atoms with Gasteiger partial charge in [-0.3, -0.25) is 4.79 Å². The average Bonchev–Trinajstić information content (AvgIpc) is 2.74. The van der Waals surface area contributed by atoms with Gasteiger partial charge in [-0.15, -0.1) is 0 Å². The molecule has 1 N–H and O–H groups in total. The van der Waals surface area contributed by atoms with Crippen molar-refractivity contribution in [2.24, 2.45) is 11.8 Å². The third kappa shape index (κ3) is 6.30. The van der Waals surface area contributed by atoms with Crippen LogP contribution in [0.5, 0.6) is 5.75 Å². The molecule has 0 spiro atoms. The second-order valence-electron chi connectivity index (χ2n) is 8.69. The van der Waals surface area contributed by atoms with E-state index in [0.29, 0.717) is 24.2 Å². The van der Waals surface area contributed by atoms with Gasteiger partial charge in [-0.25, -0.2) is 4.39 Å². The summed E-state index contributed by atoms with van der Waals surface area (Å²) in [6, 6.07) is 14.8. The van der Waals surface area contributed by atoms with Crippen LogP contribution in [0.4, 0.5) is 10.1 Å². The number of benzene rings is 2. The number of anilines is 1. The second kappa shape index (κ2) is 10.6. The maximum absolute atomic E-state index is 13.7. The van der Waals surface area contributed by atoms with Crippen molar-refractivity contribution < 1.29 is 13.9 Å². The van der Waals surface area contributed by atoms with E-state index >= 15 is 0 Å². The van der Waals surface area contributed by atoms with Gasteiger partial charge in [0, 0.05) is 24.1 Å². The van der Waals surface area contributed by atoms with Crippen molar-refractivity contribution in [1.82, 2.24) is 4.90 Å². The zero-order chi connectivity index (χ0) is 21.5. The van der Waals surface area contributed by atoms with E-state index in [9.17, 15) is 9.18 Å². The smallest absolute Gasteiger partial charge is 0.226 e. The summed E-state index contributed by atoms with van der Waals surface area (Å²) in [6.45, 7) is 9.49. The number of hydrogen-bond donors (Lipinski definition) is 1. The summed E-state index contributed by atoms with van der Waals surface area (Å²) < 4.78 is 19.3. The number of halogens is 1. The number of amides is 1. The van der Waals surface area contributed by atoms with E-state index in [1.807, 2.05) is 26.0 Å². The van der Waals surface area contributed by atoms with Crippen LogP contribution in [0.2, 0.25) is 0 Å². The molecule has 0 aromatic heterocycles. The Balaban J connectivity index is 1.45. The van der Waals surface area contributed by atoms with Gasteiger partial charge in [0.2, 0.25) is 5.91 Å². The molecule has 2 aromatic carbocycles. The number of likely N-dealkylation sites (tertiary alicyclic amines) is 1. The molecule has 0 aliphatic carbocycles. The van der Waals surface area contributed by atoms with Crippen molar-refractivity contribution in [3.05, 3.63) is 59.9 Å². The van der Waals surface area contributed by atoms with E-state index in [1.54, 1.807) is 18.2 Å². The molecule has 0 unspecified atom stereocenters. The van der Waals surface area contributed by atoms with E-state index < -0.39 is 0 Å². The normalized spacial score (nSPS) is 16.4. The Morgan fingerprint density at radius 1 is 1.13 bits per heavy atom. The van der Waals surface area contributed by atoms with Gasteiger partial charge in [0.15, 0.2) is 11.6 Å². The summed E-state index contributed by atoms with van der Waals surface area (Å²) in [5, 5.41) is 3.00. The fourth-order valence-electron chi connectivity index (χ4n) is 3.89. The third-order valence-electron chi connectivity index (χ3n) is 5.67. The van der Waals surface area contributed by atoms with E-state index in [0.717, 1.165) is 38.2 Å². The minimum absolute atomic E-state index is 0.0266. The average molecular weight is 413 g/mol. The molecule has 0 bridgehead atoms. The molecule has 1 saturated heterocycles. The van der Waals surface area contributed by atoms with Crippen LogP contribution < -0.4 is 10.1 Å². The number of para-hydroxylation sites is 1. The van der Waals surface area contributed by atoms with Crippen LogP contribution in [0, 0.1) is 17.7 Å². The first-order valence-electron chi connectivity index (χ1n) is 10.9. The summed E-state index contributed by atoms with van der Waals surface area (Å²) >= 11 is 0. The fourth-order valence-corrected chi connectivity index (χ4v) is 3.89. The molecule has 1 aliphatic rings. The second-order valence-corrected chi connectivity index (χ2v) is 8.69. The maximum atomic E-state index is 13.7. The molecule has 2 aromatic rings. The monoisotopic (exact) mass is 412 g/mol. The van der Waals surface area contributed by atoms with E-state index in [1.165, 1.54) is 11.6 Å². The van der Waals surface area contributed by atoms with Crippen molar-refractivity contribution in [1.29, 1.82) is 0 Å². The summed E-state index contributed by atoms with van der Waals surface area (Å²) in [5.41, 5.74) is 2.18. The number of hydrogen-bond acceptors (Lipinski definition) is 3. The van der Waals surface area contributed by atoms with Gasteiger partial charge in [-0.05, 0) is 61.7 Å². The van der Waals surface area contributed by atoms with Crippen LogP contribution in [0.3, 0.4) is 0 Å². The Hall–Kier alpha value is -2.40. The Bertz CT molecular complexity index is 831. The standard InChI is InChI=1S/C25H33FN2O2/c1-18(2)25(29)27-22-8-6-7-21(15-22)20-11-13-28(14-12-20)16-19(3)17-30-24-10-5-4-9-23(24)26/h4-10,15,18-20H,11-14,16-17H2,1-3H3,(H,27,29)/t19-/m0/s1. The molecule has 3 rings (SSSR count). The van der Waals surface area contributed by atoms with Crippen molar-refractivity contribution >= 4 is 11.6 Å². The molecular weight excluding hydrogens is 379 g/mol. The highest BCUT2D eigenvalue weighted by atomic mass is 19.1. The molecule has 1 atom stereocenters. The Kier molecular flexibility index (Phi) is 7.86. The van der Waals surface area contributed by atoms with Gasteiger partial charge in [0.05, 0.1) is 6.61 Å². The molecule has 0 radical (unpaired) electrons. The van der Waals surface area contributed by atoms with E-state index in [4.69, 9.17) is 4.74 Å². The molecule has 4 nitrogen and oxygen atoms in total. The molecule has 1 fully saturated rings. The quantitative estimate of drug-likeness (QED) is 0.638. The topological polar surface area (TPSA) is 41.6 Å². The molecule has 1 aliphatic heterocycles. The highest BCUT2D eigenvalue weighted by Crippen LogP contribution is 2.30. The number of carbonyl (C=O) groups excluding carboxylic acids is 1. The molecule has 5 heteroatoms. The number of ether oxygens (including phenoxy) is 1. The Morgan fingerprint density at radius 2 is 1.87 bits per heavy atom. The van der Waals surface area contributed by atoms with Crippen LogP contribution in [-0.2, 0) is 4.79 Å². The lowest BCUT2D eigenvalue weighted by atomic mass is 9.89. The van der Waals surface area contributed by atoms with Crippen molar-refractivity contribution in [2.45, 2.75) is 39.5 Å².